The Morgan fingerprint density at radius 3 is 2.48 bits per heavy atom. The summed E-state index contributed by atoms with van der Waals surface area (Å²) in [6.07, 6.45) is -0.657. The highest BCUT2D eigenvalue weighted by Crippen LogP contribution is 2.18. The molecular weight excluding hydrogens is 372 g/mol. The zero-order valence-electron chi connectivity index (χ0n) is 17.7. The van der Waals surface area contributed by atoms with Gasteiger partial charge < -0.3 is 15.4 Å². The summed E-state index contributed by atoms with van der Waals surface area (Å²) in [6, 6.07) is 6.29. The highest BCUT2D eigenvalue weighted by molar-refractivity contribution is 6.06. The quantitative estimate of drug-likeness (QED) is 0.688. The number of amides is 2. The van der Waals surface area contributed by atoms with Gasteiger partial charge >= 0.3 is 6.09 Å². The molecule has 1 heterocycles. The second-order valence-electron chi connectivity index (χ2n) is 8.01. The van der Waals surface area contributed by atoms with Gasteiger partial charge in [0, 0.05) is 23.7 Å². The van der Waals surface area contributed by atoms with E-state index in [4.69, 9.17) is 4.74 Å². The van der Waals surface area contributed by atoms with Crippen LogP contribution in [0.15, 0.2) is 24.3 Å². The number of hydrogen-bond acceptors (Lipinski definition) is 5. The van der Waals surface area contributed by atoms with E-state index >= 15 is 0 Å². The zero-order chi connectivity index (χ0) is 21.8. The van der Waals surface area contributed by atoms with Crippen molar-refractivity contribution in [2.24, 2.45) is 0 Å². The molecule has 0 aliphatic rings. The standard InChI is InChI=1S/C21H28N4O4/c1-12-8-7-9-15(18(12)19(27)23-17-10-13(2)24-25-17)11-16(26)14(3)22-20(28)29-21(4,5)6/h7-10,14H,11H2,1-6H3,(H,22,28)(H2,23,24,25,27)/t14-/m0/s1. The van der Waals surface area contributed by atoms with Gasteiger partial charge in [0.25, 0.3) is 5.91 Å². The lowest BCUT2D eigenvalue weighted by Gasteiger charge is -2.21. The van der Waals surface area contributed by atoms with Crippen LogP contribution >= 0.6 is 0 Å². The number of aromatic amines is 1. The Bertz CT molecular complexity index is 912. The first kappa shape index (κ1) is 22.1. The van der Waals surface area contributed by atoms with E-state index in [9.17, 15) is 14.4 Å². The van der Waals surface area contributed by atoms with Crippen molar-refractivity contribution in [3.05, 3.63) is 46.6 Å². The minimum atomic E-state index is -0.754. The fraction of sp³-hybridized carbons (Fsp3) is 0.429. The van der Waals surface area contributed by atoms with Gasteiger partial charge in [0.2, 0.25) is 0 Å². The molecule has 2 aromatic rings. The van der Waals surface area contributed by atoms with Crippen molar-refractivity contribution in [3.8, 4) is 0 Å². The molecule has 0 unspecified atom stereocenters. The van der Waals surface area contributed by atoms with Crippen LogP contribution in [0.5, 0.6) is 0 Å². The van der Waals surface area contributed by atoms with E-state index in [1.165, 1.54) is 0 Å². The SMILES string of the molecule is Cc1cc(NC(=O)c2c(C)cccc2CC(=O)[C@H](C)NC(=O)OC(C)(C)C)n[nH]1. The van der Waals surface area contributed by atoms with Crippen LogP contribution in [0.3, 0.4) is 0 Å². The van der Waals surface area contributed by atoms with Crippen LogP contribution in [-0.4, -0.2) is 39.6 Å². The van der Waals surface area contributed by atoms with E-state index in [0.717, 1.165) is 11.3 Å². The average molecular weight is 400 g/mol. The van der Waals surface area contributed by atoms with Gasteiger partial charge in [0.15, 0.2) is 11.6 Å². The summed E-state index contributed by atoms with van der Waals surface area (Å²) < 4.78 is 5.18. The highest BCUT2D eigenvalue weighted by Gasteiger charge is 2.23. The minimum Gasteiger partial charge on any atom is -0.444 e. The van der Waals surface area contributed by atoms with Crippen molar-refractivity contribution in [2.45, 2.75) is 59.6 Å². The molecule has 1 aromatic heterocycles. The Hall–Kier alpha value is -3.16. The van der Waals surface area contributed by atoms with Crippen LogP contribution in [0.25, 0.3) is 0 Å². The number of rotatable bonds is 6. The van der Waals surface area contributed by atoms with E-state index in [-0.39, 0.29) is 18.1 Å². The average Bonchev–Trinajstić information content (AvgIpc) is 2.97. The third-order valence-electron chi connectivity index (χ3n) is 4.11. The van der Waals surface area contributed by atoms with Gasteiger partial charge in [-0.3, -0.25) is 14.7 Å². The Balaban J connectivity index is 2.12. The van der Waals surface area contributed by atoms with Crippen LogP contribution in [-0.2, 0) is 16.0 Å². The number of ether oxygens (including phenoxy) is 1. The molecule has 3 N–H and O–H groups in total. The maximum Gasteiger partial charge on any atom is 0.408 e. The predicted octanol–water partition coefficient (Wildman–Crippen LogP) is 3.30. The van der Waals surface area contributed by atoms with Crippen molar-refractivity contribution in [1.82, 2.24) is 15.5 Å². The highest BCUT2D eigenvalue weighted by atomic mass is 16.6. The third kappa shape index (κ3) is 6.44. The molecule has 0 radical (unpaired) electrons. The van der Waals surface area contributed by atoms with Crippen molar-refractivity contribution in [1.29, 1.82) is 0 Å². The molecule has 29 heavy (non-hydrogen) atoms. The van der Waals surface area contributed by atoms with Gasteiger partial charge in [-0.1, -0.05) is 18.2 Å². The first-order chi connectivity index (χ1) is 13.5. The number of alkyl carbamates (subject to hydrolysis) is 1. The number of anilines is 1. The summed E-state index contributed by atoms with van der Waals surface area (Å²) in [4.78, 5) is 37.3. The Labute approximate surface area is 170 Å². The molecule has 2 rings (SSSR count). The third-order valence-corrected chi connectivity index (χ3v) is 4.11. The number of aryl methyl sites for hydroxylation is 2. The molecule has 1 atom stereocenters. The molecule has 0 saturated carbocycles. The number of nitrogens with one attached hydrogen (secondary N) is 3. The van der Waals surface area contributed by atoms with E-state index < -0.39 is 17.7 Å². The number of H-pyrrole nitrogens is 1. The van der Waals surface area contributed by atoms with Gasteiger partial charge in [-0.15, -0.1) is 0 Å². The molecule has 8 heteroatoms. The number of aromatic nitrogens is 2. The monoisotopic (exact) mass is 400 g/mol. The number of Topliss-reactive ketones (excluding diaryl/α,β-unsaturated/α-hetero) is 1. The predicted molar refractivity (Wildman–Crippen MR) is 110 cm³/mol. The summed E-state index contributed by atoms with van der Waals surface area (Å²) in [5, 5.41) is 12.0. The topological polar surface area (TPSA) is 113 Å². The number of carbonyl (C=O) groups is 3. The Morgan fingerprint density at radius 2 is 1.90 bits per heavy atom. The maximum absolute atomic E-state index is 12.8. The van der Waals surface area contributed by atoms with Crippen LogP contribution in [0.2, 0.25) is 0 Å². The fourth-order valence-electron chi connectivity index (χ4n) is 2.77. The van der Waals surface area contributed by atoms with Gasteiger partial charge in [-0.25, -0.2) is 4.79 Å². The molecule has 0 fully saturated rings. The van der Waals surface area contributed by atoms with Crippen molar-refractivity contribution < 1.29 is 19.1 Å². The normalized spacial score (nSPS) is 12.2. The Kier molecular flexibility index (Phi) is 6.79. The molecule has 1 aromatic carbocycles. The molecule has 0 aliphatic heterocycles. The molecule has 156 valence electrons. The summed E-state index contributed by atoms with van der Waals surface area (Å²) in [5.74, 6) is -0.163. The van der Waals surface area contributed by atoms with Crippen LogP contribution in [0.4, 0.5) is 10.6 Å². The summed E-state index contributed by atoms with van der Waals surface area (Å²) >= 11 is 0. The van der Waals surface area contributed by atoms with Crippen molar-refractivity contribution >= 4 is 23.6 Å². The lowest BCUT2D eigenvalue weighted by Crippen LogP contribution is -2.42. The first-order valence-electron chi connectivity index (χ1n) is 9.40. The largest absolute Gasteiger partial charge is 0.444 e. The first-order valence-corrected chi connectivity index (χ1v) is 9.40. The van der Waals surface area contributed by atoms with E-state index in [1.807, 2.05) is 6.92 Å². The summed E-state index contributed by atoms with van der Waals surface area (Å²) in [7, 11) is 0. The van der Waals surface area contributed by atoms with Gasteiger partial charge in [0.05, 0.1) is 6.04 Å². The number of ketones is 1. The lowest BCUT2D eigenvalue weighted by molar-refractivity contribution is -0.120. The van der Waals surface area contributed by atoms with Crippen LogP contribution in [0.1, 0.15) is 54.9 Å². The second kappa shape index (κ2) is 8.89. The molecule has 0 saturated heterocycles. The van der Waals surface area contributed by atoms with Crippen molar-refractivity contribution in [3.63, 3.8) is 0 Å². The fourth-order valence-corrected chi connectivity index (χ4v) is 2.77. The van der Waals surface area contributed by atoms with E-state index in [1.54, 1.807) is 58.9 Å². The van der Waals surface area contributed by atoms with Gasteiger partial charge in [-0.05, 0) is 52.7 Å². The lowest BCUT2D eigenvalue weighted by atomic mass is 9.95. The summed E-state index contributed by atoms with van der Waals surface area (Å²) in [6.45, 7) is 10.5. The number of hydrogen-bond donors (Lipinski definition) is 3. The summed E-state index contributed by atoms with van der Waals surface area (Å²) in [5.41, 5.74) is 1.91. The van der Waals surface area contributed by atoms with Crippen LogP contribution < -0.4 is 10.6 Å². The molecular formula is C21H28N4O4. The molecule has 2 amide bonds. The van der Waals surface area contributed by atoms with Gasteiger partial charge in [-0.2, -0.15) is 5.10 Å². The van der Waals surface area contributed by atoms with Crippen molar-refractivity contribution in [2.75, 3.05) is 5.32 Å². The number of nitrogens with zero attached hydrogens (tertiary/aromatic N) is 1. The Morgan fingerprint density at radius 1 is 1.21 bits per heavy atom. The minimum absolute atomic E-state index is 0.000983. The molecule has 8 nitrogen and oxygen atoms in total. The van der Waals surface area contributed by atoms with E-state index in [2.05, 4.69) is 20.8 Å². The maximum atomic E-state index is 12.8. The number of benzene rings is 1. The zero-order valence-corrected chi connectivity index (χ0v) is 17.7. The molecule has 0 aliphatic carbocycles. The number of carbonyl (C=O) groups excluding carboxylic acids is 3. The smallest absolute Gasteiger partial charge is 0.408 e. The molecule has 0 bridgehead atoms. The van der Waals surface area contributed by atoms with Crippen LogP contribution in [0, 0.1) is 13.8 Å². The van der Waals surface area contributed by atoms with Gasteiger partial charge in [0.1, 0.15) is 5.60 Å². The second-order valence-corrected chi connectivity index (χ2v) is 8.01. The molecule has 0 spiro atoms. The van der Waals surface area contributed by atoms with E-state index in [0.29, 0.717) is 16.9 Å².